The van der Waals surface area contributed by atoms with Gasteiger partial charge in [-0.3, -0.25) is 4.79 Å². The highest BCUT2D eigenvalue weighted by Gasteiger charge is 2.31. The molecule has 1 saturated carbocycles. The molecule has 0 unspecified atom stereocenters. The van der Waals surface area contributed by atoms with Gasteiger partial charge in [0.15, 0.2) is 0 Å². The summed E-state index contributed by atoms with van der Waals surface area (Å²) in [6.07, 6.45) is 6.22. The van der Waals surface area contributed by atoms with Gasteiger partial charge in [0, 0.05) is 19.6 Å². The van der Waals surface area contributed by atoms with E-state index in [1.165, 1.54) is 24.0 Å². The molecule has 1 amide bonds. The van der Waals surface area contributed by atoms with Crippen molar-refractivity contribution in [2.24, 2.45) is 11.8 Å². The highest BCUT2D eigenvalue weighted by molar-refractivity contribution is 5.76. The Bertz CT molecular complexity index is 559. The molecule has 4 heteroatoms. The maximum Gasteiger partial charge on any atom is 0.220 e. The number of rotatable bonds is 6. The van der Waals surface area contributed by atoms with Gasteiger partial charge in [-0.2, -0.15) is 0 Å². The summed E-state index contributed by atoms with van der Waals surface area (Å²) in [6, 6.07) is 8.55. The predicted octanol–water partition coefficient (Wildman–Crippen LogP) is 2.49. The maximum atomic E-state index is 12.5. The Kier molecular flexibility index (Phi) is 4.86. The van der Waals surface area contributed by atoms with Gasteiger partial charge in [0.25, 0.3) is 0 Å². The van der Waals surface area contributed by atoms with Gasteiger partial charge in [-0.1, -0.05) is 24.3 Å². The summed E-state index contributed by atoms with van der Waals surface area (Å²) in [5.41, 5.74) is 2.81. The number of nitrogens with one attached hydrogen (secondary N) is 1. The van der Waals surface area contributed by atoms with Crippen molar-refractivity contribution in [3.8, 4) is 0 Å². The van der Waals surface area contributed by atoms with E-state index in [0.29, 0.717) is 18.9 Å². The summed E-state index contributed by atoms with van der Waals surface area (Å²) in [7, 11) is 0. The van der Waals surface area contributed by atoms with Gasteiger partial charge in [0.1, 0.15) is 0 Å². The van der Waals surface area contributed by atoms with Crippen LogP contribution in [0.1, 0.15) is 36.8 Å². The summed E-state index contributed by atoms with van der Waals surface area (Å²) >= 11 is 0. The van der Waals surface area contributed by atoms with Crippen LogP contribution in [0.15, 0.2) is 24.3 Å². The van der Waals surface area contributed by atoms with Crippen LogP contribution >= 0.6 is 0 Å². The van der Waals surface area contributed by atoms with Crippen molar-refractivity contribution < 1.29 is 14.3 Å². The van der Waals surface area contributed by atoms with E-state index < -0.39 is 0 Å². The van der Waals surface area contributed by atoms with Crippen molar-refractivity contribution in [3.05, 3.63) is 35.4 Å². The van der Waals surface area contributed by atoms with E-state index in [0.717, 1.165) is 38.4 Å². The largest absolute Gasteiger partial charge is 0.379 e. The van der Waals surface area contributed by atoms with Gasteiger partial charge < -0.3 is 14.8 Å². The topological polar surface area (TPSA) is 47.6 Å². The predicted molar refractivity (Wildman–Crippen MR) is 91.8 cm³/mol. The molecule has 1 aromatic carbocycles. The lowest BCUT2D eigenvalue weighted by Gasteiger charge is -2.32. The second-order valence-electron chi connectivity index (χ2n) is 7.60. The molecule has 3 aliphatic rings. The summed E-state index contributed by atoms with van der Waals surface area (Å²) in [4.78, 5) is 12.5. The third-order valence-corrected chi connectivity index (χ3v) is 5.49. The Morgan fingerprint density at radius 3 is 2.58 bits per heavy atom. The average molecular weight is 329 g/mol. The van der Waals surface area contributed by atoms with Gasteiger partial charge in [0.2, 0.25) is 5.91 Å². The fourth-order valence-corrected chi connectivity index (χ4v) is 3.92. The molecular weight excluding hydrogens is 302 g/mol. The van der Waals surface area contributed by atoms with Crippen LogP contribution in [-0.4, -0.2) is 37.9 Å². The molecule has 1 heterocycles. The molecule has 2 aliphatic carbocycles. The lowest BCUT2D eigenvalue weighted by molar-refractivity contribution is -0.127. The zero-order valence-electron chi connectivity index (χ0n) is 14.2. The molecule has 0 bridgehead atoms. The first-order valence-electron chi connectivity index (χ1n) is 9.33. The highest BCUT2D eigenvalue weighted by atomic mass is 16.5. The lowest BCUT2D eigenvalue weighted by atomic mass is 10.0. The summed E-state index contributed by atoms with van der Waals surface area (Å²) < 4.78 is 11.6. The fraction of sp³-hybridized carbons (Fsp3) is 0.650. The second-order valence-corrected chi connectivity index (χ2v) is 7.60. The van der Waals surface area contributed by atoms with E-state index in [1.807, 2.05) is 0 Å². The van der Waals surface area contributed by atoms with Gasteiger partial charge in [-0.05, 0) is 55.1 Å². The molecular formula is C20H27NO3. The van der Waals surface area contributed by atoms with Crippen molar-refractivity contribution in [1.82, 2.24) is 5.32 Å². The van der Waals surface area contributed by atoms with Gasteiger partial charge in [-0.15, -0.1) is 0 Å². The zero-order valence-corrected chi connectivity index (χ0v) is 14.2. The standard InChI is InChI=1S/C20H27NO3/c22-20(11-15-9-16-3-1-2-4-17(16)10-15)21-18-13-23-8-7-19(18)24-12-14-5-6-14/h1-4,14-15,18-19H,5-13H2,(H,21,22)/t18-,19+/m1/s1. The molecule has 0 aromatic heterocycles. The van der Waals surface area contributed by atoms with Crippen molar-refractivity contribution in [3.63, 3.8) is 0 Å². The minimum absolute atomic E-state index is 0.00813. The van der Waals surface area contributed by atoms with Crippen molar-refractivity contribution in [2.45, 2.75) is 50.7 Å². The molecule has 4 nitrogen and oxygen atoms in total. The minimum Gasteiger partial charge on any atom is -0.379 e. The Morgan fingerprint density at radius 2 is 1.88 bits per heavy atom. The average Bonchev–Trinajstić information content (AvgIpc) is 3.32. The van der Waals surface area contributed by atoms with Crippen LogP contribution in [0.3, 0.4) is 0 Å². The third-order valence-electron chi connectivity index (χ3n) is 5.49. The van der Waals surface area contributed by atoms with Gasteiger partial charge >= 0.3 is 0 Å². The van der Waals surface area contributed by atoms with Crippen LogP contribution in [0.4, 0.5) is 0 Å². The molecule has 1 saturated heterocycles. The summed E-state index contributed by atoms with van der Waals surface area (Å²) in [5.74, 6) is 1.32. The molecule has 0 spiro atoms. The normalized spacial score (nSPS) is 27.0. The summed E-state index contributed by atoms with van der Waals surface area (Å²) in [6.45, 7) is 2.15. The smallest absolute Gasteiger partial charge is 0.220 e. The number of ether oxygens (including phenoxy) is 2. The minimum atomic E-state index is 0.00813. The van der Waals surface area contributed by atoms with Crippen LogP contribution in [0.5, 0.6) is 0 Å². The van der Waals surface area contributed by atoms with E-state index in [4.69, 9.17) is 9.47 Å². The van der Waals surface area contributed by atoms with E-state index >= 15 is 0 Å². The second kappa shape index (κ2) is 7.24. The van der Waals surface area contributed by atoms with Crippen molar-refractivity contribution in [2.75, 3.05) is 19.8 Å². The molecule has 24 heavy (non-hydrogen) atoms. The Labute approximate surface area is 143 Å². The van der Waals surface area contributed by atoms with Crippen molar-refractivity contribution in [1.29, 1.82) is 0 Å². The first-order chi connectivity index (χ1) is 11.8. The first kappa shape index (κ1) is 16.1. The van der Waals surface area contributed by atoms with Gasteiger partial charge in [0.05, 0.1) is 18.8 Å². The molecule has 130 valence electrons. The molecule has 2 fully saturated rings. The van der Waals surface area contributed by atoms with Crippen LogP contribution in [0, 0.1) is 11.8 Å². The van der Waals surface area contributed by atoms with Gasteiger partial charge in [-0.25, -0.2) is 0 Å². The number of hydrogen-bond acceptors (Lipinski definition) is 3. The molecule has 4 rings (SSSR count). The molecule has 1 aromatic rings. The number of hydrogen-bond donors (Lipinski definition) is 1. The Morgan fingerprint density at radius 1 is 1.12 bits per heavy atom. The molecule has 1 N–H and O–H groups in total. The Balaban J connectivity index is 1.27. The third kappa shape index (κ3) is 3.98. The maximum absolute atomic E-state index is 12.5. The first-order valence-corrected chi connectivity index (χ1v) is 9.33. The van der Waals surface area contributed by atoms with E-state index in [1.54, 1.807) is 0 Å². The number of benzene rings is 1. The van der Waals surface area contributed by atoms with E-state index in [-0.39, 0.29) is 18.1 Å². The zero-order chi connectivity index (χ0) is 16.4. The monoisotopic (exact) mass is 329 g/mol. The molecule has 1 aliphatic heterocycles. The lowest BCUT2D eigenvalue weighted by Crippen LogP contribution is -2.51. The number of carbonyl (C=O) groups excluding carboxylic acids is 1. The number of amides is 1. The summed E-state index contributed by atoms with van der Waals surface area (Å²) in [5, 5.41) is 3.18. The van der Waals surface area contributed by atoms with Crippen LogP contribution < -0.4 is 5.32 Å². The van der Waals surface area contributed by atoms with Crippen LogP contribution in [0.2, 0.25) is 0 Å². The molecule has 0 radical (unpaired) electrons. The number of carbonyl (C=O) groups is 1. The van der Waals surface area contributed by atoms with E-state index in [9.17, 15) is 4.79 Å². The Hall–Kier alpha value is -1.39. The fourth-order valence-electron chi connectivity index (χ4n) is 3.92. The van der Waals surface area contributed by atoms with Crippen LogP contribution in [0.25, 0.3) is 0 Å². The number of fused-ring (bicyclic) bond motifs is 1. The van der Waals surface area contributed by atoms with E-state index in [2.05, 4.69) is 29.6 Å². The SMILES string of the molecule is O=C(CC1Cc2ccccc2C1)N[C@@H]1COCC[C@@H]1OCC1CC1. The van der Waals surface area contributed by atoms with Crippen molar-refractivity contribution >= 4 is 5.91 Å². The molecule has 2 atom stereocenters. The van der Waals surface area contributed by atoms with Crippen LogP contribution in [-0.2, 0) is 27.1 Å². The quantitative estimate of drug-likeness (QED) is 0.872. The highest BCUT2D eigenvalue weighted by Crippen LogP contribution is 2.30.